The van der Waals surface area contributed by atoms with Crippen LogP contribution in [-0.2, 0) is 9.47 Å². The Kier molecular flexibility index (Phi) is 7.50. The normalized spacial score (nSPS) is 10.4. The second-order valence-electron chi connectivity index (χ2n) is 8.40. The summed E-state index contributed by atoms with van der Waals surface area (Å²) in [6.07, 6.45) is 6.33. The maximum atomic E-state index is 8.33. The predicted molar refractivity (Wildman–Crippen MR) is 151 cm³/mol. The second kappa shape index (κ2) is 11.7. The van der Waals surface area contributed by atoms with Crippen molar-refractivity contribution in [2.24, 2.45) is 0 Å². The first kappa shape index (κ1) is 25.7. The Bertz CT molecular complexity index is 1560. The highest BCUT2D eigenvalue weighted by molar-refractivity contribution is 6.07. The Morgan fingerprint density at radius 3 is 1.23 bits per heavy atom. The first-order chi connectivity index (χ1) is 19.5. The molecule has 10 heteroatoms. The minimum Gasteiger partial charge on any atom is -0.421 e. The lowest BCUT2D eigenvalue weighted by Crippen LogP contribution is -2.16. The molecule has 10 nitrogen and oxygen atoms in total. The monoisotopic (exact) mass is 526 g/mol. The second-order valence-corrected chi connectivity index (χ2v) is 8.40. The smallest absolute Gasteiger partial charge is 0.222 e. The molecule has 4 heterocycles. The lowest BCUT2D eigenvalue weighted by atomic mass is 10.1. The summed E-state index contributed by atoms with van der Waals surface area (Å²) in [7, 11) is 0. The van der Waals surface area contributed by atoms with Crippen LogP contribution in [0, 0.1) is 21.6 Å². The number of benzene rings is 1. The van der Waals surface area contributed by atoms with Crippen molar-refractivity contribution in [3.8, 4) is 22.8 Å². The van der Waals surface area contributed by atoms with Crippen LogP contribution in [0.25, 0.3) is 22.8 Å². The molecule has 0 bridgehead atoms. The molecule has 5 rings (SSSR count). The molecular weight excluding hydrogens is 504 g/mol. The molecule has 4 aromatic heterocycles. The van der Waals surface area contributed by atoms with E-state index in [2.05, 4.69) is 19.9 Å². The third-order valence-electron chi connectivity index (χ3n) is 5.70. The molecule has 4 N–H and O–H groups in total. The molecule has 194 valence electrons. The molecule has 40 heavy (non-hydrogen) atoms. The zero-order valence-electron chi connectivity index (χ0n) is 21.0. The third-order valence-corrected chi connectivity index (χ3v) is 5.70. The van der Waals surface area contributed by atoms with Crippen molar-refractivity contribution in [1.29, 1.82) is 21.6 Å². The van der Waals surface area contributed by atoms with Gasteiger partial charge in [0, 0.05) is 35.9 Å². The molecule has 0 spiro atoms. The lowest BCUT2D eigenvalue weighted by molar-refractivity contribution is 0.536. The molecule has 0 amide bonds. The number of rotatable bonds is 6. The highest BCUT2D eigenvalue weighted by atomic mass is 16.5. The molecule has 0 saturated carbocycles. The molecule has 0 fully saturated rings. The molecule has 0 saturated heterocycles. The van der Waals surface area contributed by atoms with Crippen LogP contribution in [0.1, 0.15) is 22.3 Å². The van der Waals surface area contributed by atoms with Crippen LogP contribution < -0.4 is 0 Å². The number of ether oxygens (including phenoxy) is 2. The van der Waals surface area contributed by atoms with E-state index in [1.54, 1.807) is 54.9 Å². The standard InChI is InChI=1S/C30H22N8O2/c31-27(39-29(33)21-10-12-25(37-17-21)23-8-1-3-14-35-23)19-6-5-7-20(16-19)28(32)40-30(34)22-11-13-26(38-18-22)24-9-2-4-15-36-24/h1-18,31-34H. The highest BCUT2D eigenvalue weighted by Gasteiger charge is 2.14. The van der Waals surface area contributed by atoms with Crippen LogP contribution in [-0.4, -0.2) is 43.5 Å². The zero-order chi connectivity index (χ0) is 27.9. The van der Waals surface area contributed by atoms with E-state index in [-0.39, 0.29) is 23.6 Å². The van der Waals surface area contributed by atoms with Gasteiger partial charge in [0.05, 0.1) is 33.9 Å². The van der Waals surface area contributed by atoms with E-state index >= 15 is 0 Å². The van der Waals surface area contributed by atoms with Gasteiger partial charge in [-0.05, 0) is 66.7 Å². The van der Waals surface area contributed by atoms with Gasteiger partial charge in [0.1, 0.15) is 0 Å². The summed E-state index contributed by atoms with van der Waals surface area (Å²) in [6.45, 7) is 0. The van der Waals surface area contributed by atoms with E-state index < -0.39 is 0 Å². The molecule has 0 radical (unpaired) electrons. The van der Waals surface area contributed by atoms with Crippen LogP contribution in [0.4, 0.5) is 0 Å². The van der Waals surface area contributed by atoms with Gasteiger partial charge in [0.25, 0.3) is 0 Å². The summed E-state index contributed by atoms with van der Waals surface area (Å²) in [5, 5.41) is 33.2. The third kappa shape index (κ3) is 5.97. The summed E-state index contributed by atoms with van der Waals surface area (Å²) < 4.78 is 10.9. The van der Waals surface area contributed by atoms with Crippen molar-refractivity contribution >= 4 is 23.6 Å². The van der Waals surface area contributed by atoms with E-state index in [1.807, 2.05) is 36.4 Å². The van der Waals surface area contributed by atoms with Gasteiger partial charge in [-0.3, -0.25) is 41.6 Å². The summed E-state index contributed by atoms with van der Waals surface area (Å²) in [6, 6.07) is 24.3. The van der Waals surface area contributed by atoms with E-state index in [9.17, 15) is 0 Å². The van der Waals surface area contributed by atoms with Gasteiger partial charge in [0.2, 0.25) is 23.6 Å². The SMILES string of the molecule is N=C(OC(=N)c1cccc(C(=N)OC(=N)c2ccc(-c3ccccn3)nc2)c1)c1ccc(-c2ccccn2)nc1. The minimum absolute atomic E-state index is 0.245. The molecule has 0 aliphatic heterocycles. The number of pyridine rings is 4. The number of hydrogen-bond donors (Lipinski definition) is 4. The molecule has 5 aromatic rings. The van der Waals surface area contributed by atoms with Crippen LogP contribution >= 0.6 is 0 Å². The first-order valence-corrected chi connectivity index (χ1v) is 12.0. The van der Waals surface area contributed by atoms with Crippen LogP contribution in [0.15, 0.2) is 110 Å². The van der Waals surface area contributed by atoms with Crippen molar-refractivity contribution in [2.75, 3.05) is 0 Å². The Balaban J connectivity index is 1.21. The Morgan fingerprint density at radius 2 is 0.850 bits per heavy atom. The lowest BCUT2D eigenvalue weighted by Gasteiger charge is -2.11. The van der Waals surface area contributed by atoms with Crippen molar-refractivity contribution in [3.05, 3.63) is 132 Å². The average molecular weight is 527 g/mol. The molecule has 0 aliphatic carbocycles. The maximum Gasteiger partial charge on any atom is 0.222 e. The molecular formula is C30H22N8O2. The zero-order valence-corrected chi connectivity index (χ0v) is 21.0. The van der Waals surface area contributed by atoms with E-state index in [0.717, 1.165) is 0 Å². The Hall–Kier alpha value is -5.90. The van der Waals surface area contributed by atoms with E-state index in [0.29, 0.717) is 45.0 Å². The summed E-state index contributed by atoms with van der Waals surface area (Å²) in [4.78, 5) is 17.2. The maximum absolute atomic E-state index is 8.33. The Morgan fingerprint density at radius 1 is 0.425 bits per heavy atom. The van der Waals surface area contributed by atoms with E-state index in [1.165, 1.54) is 18.5 Å². The Labute approximate surface area is 229 Å². The number of nitrogens with one attached hydrogen (secondary N) is 4. The van der Waals surface area contributed by atoms with Crippen molar-refractivity contribution < 1.29 is 9.47 Å². The van der Waals surface area contributed by atoms with Gasteiger partial charge in [0.15, 0.2) is 0 Å². The van der Waals surface area contributed by atoms with Gasteiger partial charge in [-0.2, -0.15) is 0 Å². The topological polar surface area (TPSA) is 165 Å². The summed E-state index contributed by atoms with van der Waals surface area (Å²) in [5.41, 5.74) is 4.19. The fraction of sp³-hybridized carbons (Fsp3) is 0. The van der Waals surface area contributed by atoms with Crippen LogP contribution in [0.5, 0.6) is 0 Å². The molecule has 0 unspecified atom stereocenters. The predicted octanol–water partition coefficient (Wildman–Crippen LogP) is 5.34. The molecule has 1 aromatic carbocycles. The summed E-state index contributed by atoms with van der Waals surface area (Å²) >= 11 is 0. The quantitative estimate of drug-likeness (QED) is 0.172. The van der Waals surface area contributed by atoms with Crippen LogP contribution in [0.2, 0.25) is 0 Å². The van der Waals surface area contributed by atoms with Crippen molar-refractivity contribution in [1.82, 2.24) is 19.9 Å². The fourth-order valence-corrected chi connectivity index (χ4v) is 3.63. The summed E-state index contributed by atoms with van der Waals surface area (Å²) in [5.74, 6) is -1.05. The molecule has 0 aliphatic rings. The first-order valence-electron chi connectivity index (χ1n) is 12.0. The fourth-order valence-electron chi connectivity index (χ4n) is 3.63. The van der Waals surface area contributed by atoms with Crippen molar-refractivity contribution in [3.63, 3.8) is 0 Å². The minimum atomic E-state index is -0.280. The van der Waals surface area contributed by atoms with Gasteiger partial charge in [-0.1, -0.05) is 18.2 Å². The average Bonchev–Trinajstić information content (AvgIpc) is 3.02. The van der Waals surface area contributed by atoms with Gasteiger partial charge >= 0.3 is 0 Å². The van der Waals surface area contributed by atoms with Crippen LogP contribution in [0.3, 0.4) is 0 Å². The largest absolute Gasteiger partial charge is 0.421 e. The number of aromatic nitrogens is 4. The number of hydrogen-bond acceptors (Lipinski definition) is 10. The van der Waals surface area contributed by atoms with Gasteiger partial charge in [-0.25, -0.2) is 0 Å². The highest BCUT2D eigenvalue weighted by Crippen LogP contribution is 2.17. The molecule has 0 atom stereocenters. The van der Waals surface area contributed by atoms with Gasteiger partial charge < -0.3 is 9.47 Å². The number of nitrogens with zero attached hydrogens (tertiary/aromatic N) is 4. The van der Waals surface area contributed by atoms with Gasteiger partial charge in [-0.15, -0.1) is 0 Å². The van der Waals surface area contributed by atoms with Crippen molar-refractivity contribution in [2.45, 2.75) is 0 Å². The van der Waals surface area contributed by atoms with E-state index in [4.69, 9.17) is 31.1 Å².